The smallest absolute Gasteiger partial charge is 0.341 e. The van der Waals surface area contributed by atoms with E-state index in [0.29, 0.717) is 29.5 Å². The van der Waals surface area contributed by atoms with Gasteiger partial charge < -0.3 is 19.8 Å². The molecule has 2 heterocycles. The van der Waals surface area contributed by atoms with E-state index in [-0.39, 0.29) is 0 Å². The minimum Gasteiger partial charge on any atom is -0.465 e. The fourth-order valence-electron chi connectivity index (χ4n) is 2.36. The van der Waals surface area contributed by atoms with E-state index < -0.39 is 5.97 Å². The van der Waals surface area contributed by atoms with Gasteiger partial charge in [0.25, 0.3) is 0 Å². The van der Waals surface area contributed by atoms with Crippen LogP contribution < -0.4 is 10.6 Å². The van der Waals surface area contributed by atoms with Gasteiger partial charge in [-0.05, 0) is 48.2 Å². The van der Waals surface area contributed by atoms with Gasteiger partial charge in [0.15, 0.2) is 5.96 Å². The van der Waals surface area contributed by atoms with E-state index in [4.69, 9.17) is 9.15 Å². The van der Waals surface area contributed by atoms with Gasteiger partial charge in [0.05, 0.1) is 7.11 Å². The normalized spacial score (nSPS) is 12.7. The maximum Gasteiger partial charge on any atom is 0.341 e. The minimum absolute atomic E-state index is 0.347. The molecule has 136 valence electrons. The molecule has 0 aliphatic rings. The summed E-state index contributed by atoms with van der Waals surface area (Å²) in [6.07, 6.45) is 0. The van der Waals surface area contributed by atoms with Crippen LogP contribution in [0, 0.1) is 6.92 Å². The number of methoxy groups -OCH3 is 1. The van der Waals surface area contributed by atoms with E-state index in [2.05, 4.69) is 39.4 Å². The Balaban J connectivity index is 1.98. The number of ether oxygens (including phenoxy) is 1. The molecule has 0 aromatic carbocycles. The molecule has 1 atom stereocenters. The lowest BCUT2D eigenvalue weighted by molar-refractivity contribution is 0.0599. The third kappa shape index (κ3) is 5.35. The Bertz CT molecular complexity index is 707. The van der Waals surface area contributed by atoms with Crippen LogP contribution in [0.15, 0.2) is 32.3 Å². The molecule has 0 saturated carbocycles. The van der Waals surface area contributed by atoms with Gasteiger partial charge in [-0.3, -0.25) is 0 Å². The van der Waals surface area contributed by atoms with Crippen molar-refractivity contribution in [3.63, 3.8) is 0 Å². The SMILES string of the molecule is CCNC(=NCc1cc(C(=O)OC)c(C)o1)NCC(C)c1ccsc1. The van der Waals surface area contributed by atoms with Crippen LogP contribution in [0.1, 0.15) is 47.2 Å². The van der Waals surface area contributed by atoms with Crippen LogP contribution in [-0.4, -0.2) is 32.1 Å². The molecule has 2 aromatic heterocycles. The second-order valence-corrected chi connectivity index (χ2v) is 6.49. The van der Waals surface area contributed by atoms with Gasteiger partial charge in [0.2, 0.25) is 0 Å². The largest absolute Gasteiger partial charge is 0.465 e. The topological polar surface area (TPSA) is 75.9 Å². The monoisotopic (exact) mass is 363 g/mol. The number of rotatable bonds is 7. The average Bonchev–Trinajstić information content (AvgIpc) is 3.26. The maximum atomic E-state index is 11.6. The second-order valence-electron chi connectivity index (χ2n) is 5.71. The predicted octanol–water partition coefficient (Wildman–Crippen LogP) is 3.29. The first kappa shape index (κ1) is 19.1. The van der Waals surface area contributed by atoms with Crippen LogP contribution in [0.25, 0.3) is 0 Å². The number of carbonyl (C=O) groups is 1. The van der Waals surface area contributed by atoms with Crippen molar-refractivity contribution in [2.45, 2.75) is 33.2 Å². The van der Waals surface area contributed by atoms with Gasteiger partial charge in [-0.25, -0.2) is 9.79 Å². The predicted molar refractivity (Wildman–Crippen MR) is 100 cm³/mol. The highest BCUT2D eigenvalue weighted by molar-refractivity contribution is 7.07. The number of guanidine groups is 1. The van der Waals surface area contributed by atoms with Gasteiger partial charge in [0, 0.05) is 13.1 Å². The van der Waals surface area contributed by atoms with E-state index >= 15 is 0 Å². The molecule has 2 N–H and O–H groups in total. The van der Waals surface area contributed by atoms with Crippen LogP contribution in [0.3, 0.4) is 0 Å². The molecule has 2 rings (SSSR count). The Morgan fingerprint density at radius 1 is 1.44 bits per heavy atom. The summed E-state index contributed by atoms with van der Waals surface area (Å²) in [5.74, 6) is 1.89. The Kier molecular flexibility index (Phi) is 7.06. The molecule has 6 nitrogen and oxygen atoms in total. The third-order valence-electron chi connectivity index (χ3n) is 3.80. The lowest BCUT2D eigenvalue weighted by Crippen LogP contribution is -2.39. The molecule has 0 fully saturated rings. The highest BCUT2D eigenvalue weighted by Gasteiger charge is 2.15. The Morgan fingerprint density at radius 2 is 2.24 bits per heavy atom. The number of furan rings is 1. The number of nitrogens with one attached hydrogen (secondary N) is 2. The number of thiophene rings is 1. The second kappa shape index (κ2) is 9.27. The summed E-state index contributed by atoms with van der Waals surface area (Å²) in [5, 5.41) is 10.8. The zero-order valence-electron chi connectivity index (χ0n) is 15.1. The van der Waals surface area contributed by atoms with Gasteiger partial charge >= 0.3 is 5.97 Å². The summed E-state index contributed by atoms with van der Waals surface area (Å²) >= 11 is 1.70. The minimum atomic E-state index is -0.397. The molecule has 7 heteroatoms. The van der Waals surface area contributed by atoms with Crippen molar-refractivity contribution in [3.05, 3.63) is 45.5 Å². The van der Waals surface area contributed by atoms with E-state index in [9.17, 15) is 4.79 Å². The van der Waals surface area contributed by atoms with E-state index in [0.717, 1.165) is 19.0 Å². The quantitative estimate of drug-likeness (QED) is 0.448. The Morgan fingerprint density at radius 3 is 2.88 bits per heavy atom. The number of hydrogen-bond donors (Lipinski definition) is 2. The van der Waals surface area contributed by atoms with Crippen molar-refractivity contribution in [1.82, 2.24) is 10.6 Å². The molecule has 0 amide bonds. The molecule has 0 aliphatic carbocycles. The summed E-state index contributed by atoms with van der Waals surface area (Å²) in [6.45, 7) is 7.84. The van der Waals surface area contributed by atoms with Crippen molar-refractivity contribution in [2.75, 3.05) is 20.2 Å². The van der Waals surface area contributed by atoms with E-state index in [1.54, 1.807) is 24.3 Å². The molecule has 0 spiro atoms. The third-order valence-corrected chi connectivity index (χ3v) is 4.50. The van der Waals surface area contributed by atoms with E-state index in [1.165, 1.54) is 12.7 Å². The molecule has 0 aliphatic heterocycles. The zero-order valence-corrected chi connectivity index (χ0v) is 15.9. The fraction of sp³-hybridized carbons (Fsp3) is 0.444. The highest BCUT2D eigenvalue weighted by atomic mass is 32.1. The molecule has 0 saturated heterocycles. The number of esters is 1. The van der Waals surface area contributed by atoms with Gasteiger partial charge in [-0.15, -0.1) is 0 Å². The number of carbonyl (C=O) groups excluding carboxylic acids is 1. The first-order valence-electron chi connectivity index (χ1n) is 8.27. The van der Waals surface area contributed by atoms with E-state index in [1.807, 2.05) is 6.92 Å². The van der Waals surface area contributed by atoms with Gasteiger partial charge in [0.1, 0.15) is 23.6 Å². The van der Waals surface area contributed by atoms with Crippen LogP contribution in [0.2, 0.25) is 0 Å². The summed E-state index contributed by atoms with van der Waals surface area (Å²) < 4.78 is 10.3. The summed E-state index contributed by atoms with van der Waals surface area (Å²) in [7, 11) is 1.36. The lowest BCUT2D eigenvalue weighted by atomic mass is 10.1. The van der Waals surface area contributed by atoms with Crippen molar-refractivity contribution in [2.24, 2.45) is 4.99 Å². The summed E-state index contributed by atoms with van der Waals surface area (Å²) in [5.41, 5.74) is 1.76. The molecule has 0 radical (unpaired) electrons. The van der Waals surface area contributed by atoms with Gasteiger partial charge in [-0.1, -0.05) is 6.92 Å². The summed E-state index contributed by atoms with van der Waals surface area (Å²) in [4.78, 5) is 16.2. The first-order chi connectivity index (χ1) is 12.0. The van der Waals surface area contributed by atoms with Crippen LogP contribution in [-0.2, 0) is 11.3 Å². The number of aryl methyl sites for hydroxylation is 1. The first-order valence-corrected chi connectivity index (χ1v) is 9.21. The molecular formula is C18H25N3O3S. The maximum absolute atomic E-state index is 11.6. The number of nitrogens with zero attached hydrogens (tertiary/aromatic N) is 1. The average molecular weight is 363 g/mol. The van der Waals surface area contributed by atoms with Crippen LogP contribution >= 0.6 is 11.3 Å². The number of hydrogen-bond acceptors (Lipinski definition) is 5. The Labute approximate surface area is 152 Å². The molecule has 2 aromatic rings. The number of aliphatic imine (C=N–C) groups is 1. The summed E-state index contributed by atoms with van der Waals surface area (Å²) in [6, 6.07) is 3.82. The van der Waals surface area contributed by atoms with Crippen LogP contribution in [0.5, 0.6) is 0 Å². The van der Waals surface area contributed by atoms with Crippen molar-refractivity contribution < 1.29 is 13.9 Å². The Hall–Kier alpha value is -2.28. The van der Waals surface area contributed by atoms with Crippen molar-refractivity contribution >= 4 is 23.3 Å². The van der Waals surface area contributed by atoms with Gasteiger partial charge in [-0.2, -0.15) is 11.3 Å². The fourth-order valence-corrected chi connectivity index (χ4v) is 3.14. The lowest BCUT2D eigenvalue weighted by Gasteiger charge is -2.15. The van der Waals surface area contributed by atoms with Crippen molar-refractivity contribution in [1.29, 1.82) is 0 Å². The van der Waals surface area contributed by atoms with Crippen molar-refractivity contribution in [3.8, 4) is 0 Å². The molecule has 25 heavy (non-hydrogen) atoms. The highest BCUT2D eigenvalue weighted by Crippen LogP contribution is 2.18. The molecule has 1 unspecified atom stereocenters. The zero-order chi connectivity index (χ0) is 18.2. The molecule has 0 bridgehead atoms. The molecular weight excluding hydrogens is 338 g/mol. The van der Waals surface area contributed by atoms with Crippen LogP contribution in [0.4, 0.5) is 0 Å². The standard InChI is InChI=1S/C18H25N3O3S/c1-5-19-18(20-9-12(2)14-6-7-25-11-14)21-10-15-8-16(13(3)24-15)17(22)23-4/h6-8,11-12H,5,9-10H2,1-4H3,(H2,19,20,21).